The topological polar surface area (TPSA) is 76.0 Å². The van der Waals surface area contributed by atoms with Gasteiger partial charge in [0, 0.05) is 17.9 Å². The van der Waals surface area contributed by atoms with Gasteiger partial charge in [0.15, 0.2) is 11.5 Å². The molecule has 0 unspecified atom stereocenters. The molecule has 2 heterocycles. The van der Waals surface area contributed by atoms with Crippen molar-refractivity contribution in [2.75, 3.05) is 10.6 Å². The Labute approximate surface area is 170 Å². The maximum atomic E-state index is 12.9. The molecule has 4 rings (SSSR count). The number of nitrogens with one attached hydrogen (secondary N) is 2. The first-order chi connectivity index (χ1) is 14.0. The molecule has 0 fully saturated rings. The zero-order valence-corrected chi connectivity index (χ0v) is 16.7. The lowest BCUT2D eigenvalue weighted by atomic mass is 10.1. The molecule has 0 aliphatic carbocycles. The van der Waals surface area contributed by atoms with Crippen LogP contribution in [0.25, 0.3) is 0 Å². The standard InChI is InChI=1S/C23H24N4O2/c1-15-9-11-17(12-10-15)24-22(28)20-19-8-3-4-13-27(19)21(26-20)23(29)25-18-7-5-6-16(2)14-18/h5-7,9-12,14H,3-4,8,13H2,1-2H3,(H,24,28)(H,25,29). The normalized spacial score (nSPS) is 12.9. The van der Waals surface area contributed by atoms with Crippen molar-refractivity contribution in [1.29, 1.82) is 0 Å². The molecule has 148 valence electrons. The van der Waals surface area contributed by atoms with Crippen molar-refractivity contribution in [2.24, 2.45) is 0 Å². The van der Waals surface area contributed by atoms with Crippen molar-refractivity contribution in [2.45, 2.75) is 39.7 Å². The molecule has 29 heavy (non-hydrogen) atoms. The van der Waals surface area contributed by atoms with E-state index in [1.807, 2.05) is 66.9 Å². The summed E-state index contributed by atoms with van der Waals surface area (Å²) in [6, 6.07) is 15.2. The highest BCUT2D eigenvalue weighted by Crippen LogP contribution is 2.23. The molecule has 2 aromatic carbocycles. The highest BCUT2D eigenvalue weighted by atomic mass is 16.2. The fourth-order valence-electron chi connectivity index (χ4n) is 3.64. The van der Waals surface area contributed by atoms with Crippen LogP contribution in [-0.4, -0.2) is 21.4 Å². The van der Waals surface area contributed by atoms with E-state index in [0.29, 0.717) is 23.6 Å². The molecule has 1 aromatic heterocycles. The number of anilines is 2. The minimum Gasteiger partial charge on any atom is -0.323 e. The van der Waals surface area contributed by atoms with Crippen LogP contribution in [0.3, 0.4) is 0 Å². The van der Waals surface area contributed by atoms with Crippen LogP contribution < -0.4 is 10.6 Å². The summed E-state index contributed by atoms with van der Waals surface area (Å²) < 4.78 is 1.89. The average molecular weight is 388 g/mol. The summed E-state index contributed by atoms with van der Waals surface area (Å²) in [5.74, 6) is -0.294. The number of hydrogen-bond donors (Lipinski definition) is 2. The Kier molecular flexibility index (Phi) is 5.16. The number of carbonyl (C=O) groups excluding carboxylic acids is 2. The van der Waals surface area contributed by atoms with E-state index in [-0.39, 0.29) is 17.6 Å². The second kappa shape index (κ2) is 7.91. The van der Waals surface area contributed by atoms with E-state index in [0.717, 1.165) is 36.1 Å². The van der Waals surface area contributed by atoms with Gasteiger partial charge in [-0.1, -0.05) is 29.8 Å². The largest absolute Gasteiger partial charge is 0.323 e. The minimum absolute atomic E-state index is 0.283. The first kappa shape index (κ1) is 18.9. The van der Waals surface area contributed by atoms with Gasteiger partial charge in [-0.25, -0.2) is 4.98 Å². The number of aryl methyl sites for hydroxylation is 2. The Morgan fingerprint density at radius 3 is 2.41 bits per heavy atom. The van der Waals surface area contributed by atoms with Crippen LogP contribution in [0.15, 0.2) is 48.5 Å². The molecular formula is C23H24N4O2. The average Bonchev–Trinajstić information content (AvgIpc) is 3.10. The van der Waals surface area contributed by atoms with Gasteiger partial charge >= 0.3 is 0 Å². The number of nitrogens with zero attached hydrogens (tertiary/aromatic N) is 2. The lowest BCUT2D eigenvalue weighted by molar-refractivity contribution is 0.101. The fourth-order valence-corrected chi connectivity index (χ4v) is 3.64. The summed E-state index contributed by atoms with van der Waals surface area (Å²) in [4.78, 5) is 30.3. The van der Waals surface area contributed by atoms with Gasteiger partial charge < -0.3 is 15.2 Å². The summed E-state index contributed by atoms with van der Waals surface area (Å²) in [6.45, 7) is 4.66. The molecule has 0 saturated carbocycles. The minimum atomic E-state index is -0.298. The smallest absolute Gasteiger partial charge is 0.291 e. The molecule has 0 bridgehead atoms. The number of aromatic nitrogens is 2. The number of amides is 2. The number of hydrogen-bond acceptors (Lipinski definition) is 3. The molecule has 2 amide bonds. The Morgan fingerprint density at radius 2 is 1.66 bits per heavy atom. The Bertz CT molecular complexity index is 1070. The second-order valence-corrected chi connectivity index (χ2v) is 7.48. The monoisotopic (exact) mass is 388 g/mol. The van der Waals surface area contributed by atoms with Crippen LogP contribution in [0.1, 0.15) is 50.8 Å². The molecule has 6 nitrogen and oxygen atoms in total. The molecule has 0 saturated heterocycles. The molecule has 2 N–H and O–H groups in total. The van der Waals surface area contributed by atoms with E-state index in [1.54, 1.807) is 0 Å². The number of carbonyl (C=O) groups is 2. The van der Waals surface area contributed by atoms with Crippen molar-refractivity contribution in [3.8, 4) is 0 Å². The number of imidazole rings is 1. The van der Waals surface area contributed by atoms with Crippen LogP contribution in [0.5, 0.6) is 0 Å². The van der Waals surface area contributed by atoms with Crippen LogP contribution in [0, 0.1) is 13.8 Å². The molecule has 1 aliphatic rings. The van der Waals surface area contributed by atoms with Crippen LogP contribution in [-0.2, 0) is 13.0 Å². The zero-order chi connectivity index (χ0) is 20.4. The van der Waals surface area contributed by atoms with Gasteiger partial charge in [-0.2, -0.15) is 0 Å². The van der Waals surface area contributed by atoms with Crippen molar-refractivity contribution >= 4 is 23.2 Å². The maximum Gasteiger partial charge on any atom is 0.291 e. The quantitative estimate of drug-likeness (QED) is 0.698. The van der Waals surface area contributed by atoms with E-state index < -0.39 is 0 Å². The van der Waals surface area contributed by atoms with Gasteiger partial charge in [-0.05, 0) is 62.9 Å². The predicted molar refractivity (Wildman–Crippen MR) is 113 cm³/mol. The highest BCUT2D eigenvalue weighted by Gasteiger charge is 2.27. The van der Waals surface area contributed by atoms with Crippen LogP contribution >= 0.6 is 0 Å². The van der Waals surface area contributed by atoms with Crippen molar-refractivity contribution in [3.63, 3.8) is 0 Å². The van der Waals surface area contributed by atoms with Gasteiger partial charge in [0.1, 0.15) is 0 Å². The van der Waals surface area contributed by atoms with E-state index >= 15 is 0 Å². The summed E-state index contributed by atoms with van der Waals surface area (Å²) in [5.41, 5.74) is 4.77. The third kappa shape index (κ3) is 4.06. The van der Waals surface area contributed by atoms with Crippen molar-refractivity contribution in [3.05, 3.63) is 76.9 Å². The van der Waals surface area contributed by atoms with Gasteiger partial charge in [0.25, 0.3) is 11.8 Å². The van der Waals surface area contributed by atoms with E-state index in [9.17, 15) is 9.59 Å². The van der Waals surface area contributed by atoms with E-state index in [4.69, 9.17) is 0 Å². The first-order valence-electron chi connectivity index (χ1n) is 9.87. The summed E-state index contributed by atoms with van der Waals surface area (Å²) >= 11 is 0. The highest BCUT2D eigenvalue weighted by molar-refractivity contribution is 6.07. The molecule has 1 aliphatic heterocycles. The zero-order valence-electron chi connectivity index (χ0n) is 16.7. The molecule has 3 aromatic rings. The molecule has 0 spiro atoms. The third-order valence-corrected chi connectivity index (χ3v) is 5.12. The molecule has 0 radical (unpaired) electrons. The first-order valence-corrected chi connectivity index (χ1v) is 9.87. The molecule has 0 atom stereocenters. The number of rotatable bonds is 4. The Balaban J connectivity index is 1.62. The van der Waals surface area contributed by atoms with Crippen LogP contribution in [0.2, 0.25) is 0 Å². The van der Waals surface area contributed by atoms with Gasteiger partial charge in [0.05, 0.1) is 5.69 Å². The Morgan fingerprint density at radius 1 is 0.897 bits per heavy atom. The number of benzene rings is 2. The SMILES string of the molecule is Cc1ccc(NC(=O)c2nc(C(=O)Nc3cccc(C)c3)n3c2CCCC3)cc1. The van der Waals surface area contributed by atoms with E-state index in [1.165, 1.54) is 0 Å². The Hall–Kier alpha value is -3.41. The number of fused-ring (bicyclic) bond motifs is 1. The van der Waals surface area contributed by atoms with Gasteiger partial charge in [-0.15, -0.1) is 0 Å². The lowest BCUT2D eigenvalue weighted by Gasteiger charge is -2.17. The summed E-state index contributed by atoms with van der Waals surface area (Å²) in [6.07, 6.45) is 2.68. The maximum absolute atomic E-state index is 12.9. The lowest BCUT2D eigenvalue weighted by Crippen LogP contribution is -2.21. The second-order valence-electron chi connectivity index (χ2n) is 7.48. The van der Waals surface area contributed by atoms with Crippen molar-refractivity contribution in [1.82, 2.24) is 9.55 Å². The summed E-state index contributed by atoms with van der Waals surface area (Å²) in [5, 5.41) is 5.80. The molecular weight excluding hydrogens is 364 g/mol. The van der Waals surface area contributed by atoms with Gasteiger partial charge in [-0.3, -0.25) is 9.59 Å². The van der Waals surface area contributed by atoms with Crippen LogP contribution in [0.4, 0.5) is 11.4 Å². The molecule has 6 heteroatoms. The van der Waals surface area contributed by atoms with Crippen molar-refractivity contribution < 1.29 is 9.59 Å². The fraction of sp³-hybridized carbons (Fsp3) is 0.261. The van der Waals surface area contributed by atoms with E-state index in [2.05, 4.69) is 15.6 Å². The third-order valence-electron chi connectivity index (χ3n) is 5.12. The van der Waals surface area contributed by atoms with Gasteiger partial charge in [0.2, 0.25) is 0 Å². The predicted octanol–water partition coefficient (Wildman–Crippen LogP) is 4.34. The summed E-state index contributed by atoms with van der Waals surface area (Å²) in [7, 11) is 0.